The van der Waals surface area contributed by atoms with Gasteiger partial charge in [-0.15, -0.1) is 0 Å². The lowest BCUT2D eigenvalue weighted by Crippen LogP contribution is -1.90. The highest BCUT2D eigenvalue weighted by molar-refractivity contribution is 5.41. The number of hydrogen-bond acceptors (Lipinski definition) is 2. The number of aromatic nitrogens is 3. The van der Waals surface area contributed by atoms with E-state index >= 15 is 0 Å². The molecule has 0 atom stereocenters. The molecule has 0 spiro atoms. The van der Waals surface area contributed by atoms with E-state index in [0.29, 0.717) is 0 Å². The maximum absolute atomic E-state index is 4.24. The molecule has 3 nitrogen and oxygen atoms in total. The molecule has 0 aliphatic heterocycles. The van der Waals surface area contributed by atoms with E-state index in [0.717, 1.165) is 17.6 Å². The Morgan fingerprint density at radius 2 is 2.08 bits per heavy atom. The van der Waals surface area contributed by atoms with Crippen molar-refractivity contribution < 1.29 is 0 Å². The summed E-state index contributed by atoms with van der Waals surface area (Å²) in [5, 5.41) is 0. The first-order valence-electron chi connectivity index (χ1n) is 4.66. The van der Waals surface area contributed by atoms with Gasteiger partial charge < -0.3 is 4.40 Å². The van der Waals surface area contributed by atoms with Crippen LogP contribution in [0.3, 0.4) is 0 Å². The minimum Gasteiger partial charge on any atom is -0.303 e. The first kappa shape index (κ1) is 9.71. The quantitative estimate of drug-likeness (QED) is 0.669. The summed E-state index contributed by atoms with van der Waals surface area (Å²) in [7, 11) is 0. The van der Waals surface area contributed by atoms with Gasteiger partial charge in [-0.2, -0.15) is 0 Å². The van der Waals surface area contributed by atoms with Crippen molar-refractivity contribution in [2.75, 3.05) is 0 Å². The summed E-state index contributed by atoms with van der Waals surface area (Å²) in [6.07, 6.45) is 8.39. The Morgan fingerprint density at radius 3 is 2.77 bits per heavy atom. The predicted octanol–water partition coefficient (Wildman–Crippen LogP) is 2.32. The van der Waals surface area contributed by atoms with Crippen molar-refractivity contribution in [3.8, 4) is 0 Å². The van der Waals surface area contributed by atoms with Crippen LogP contribution in [-0.4, -0.2) is 14.4 Å². The van der Waals surface area contributed by atoms with Gasteiger partial charge in [-0.3, -0.25) is 4.98 Å². The molecule has 0 aromatic carbocycles. The van der Waals surface area contributed by atoms with Gasteiger partial charge in [0.1, 0.15) is 0 Å². The Morgan fingerprint density at radius 1 is 1.31 bits per heavy atom. The Hall–Kier alpha value is -1.38. The number of aryl methyl sites for hydroxylation is 1. The molecule has 13 heavy (non-hydrogen) atoms. The third-order valence-electron chi connectivity index (χ3n) is 1.71. The third kappa shape index (κ3) is 2.05. The average molecular weight is 177 g/mol. The van der Waals surface area contributed by atoms with E-state index < -0.39 is 0 Å². The molecular weight excluding hydrogens is 162 g/mol. The molecule has 2 aromatic rings. The molecule has 0 saturated carbocycles. The Kier molecular flexibility index (Phi) is 3.43. The second kappa shape index (κ2) is 4.60. The Bertz CT molecular complexity index is 365. The molecule has 0 bridgehead atoms. The van der Waals surface area contributed by atoms with Gasteiger partial charge in [0.2, 0.25) is 0 Å². The van der Waals surface area contributed by atoms with Gasteiger partial charge in [0.25, 0.3) is 0 Å². The van der Waals surface area contributed by atoms with Gasteiger partial charge in [-0.05, 0) is 6.42 Å². The second-order valence-electron chi connectivity index (χ2n) is 2.46. The molecule has 2 aromatic heterocycles. The highest BCUT2D eigenvalue weighted by Gasteiger charge is 1.93. The molecule has 2 heterocycles. The van der Waals surface area contributed by atoms with Crippen LogP contribution in [0.4, 0.5) is 0 Å². The van der Waals surface area contributed by atoms with E-state index in [1.165, 1.54) is 0 Å². The van der Waals surface area contributed by atoms with Gasteiger partial charge in [-0.25, -0.2) is 4.98 Å². The van der Waals surface area contributed by atoms with Crippen LogP contribution < -0.4 is 0 Å². The molecule has 0 radical (unpaired) electrons. The number of hydrogen-bond donors (Lipinski definition) is 0. The normalized spacial score (nSPS) is 9.46. The first-order valence-corrected chi connectivity index (χ1v) is 4.66. The van der Waals surface area contributed by atoms with Crippen LogP contribution in [0.15, 0.2) is 24.9 Å². The summed E-state index contributed by atoms with van der Waals surface area (Å²) in [6, 6.07) is 0. The fraction of sp³-hybridized carbons (Fsp3) is 0.400. The van der Waals surface area contributed by atoms with E-state index in [4.69, 9.17) is 0 Å². The lowest BCUT2D eigenvalue weighted by Gasteiger charge is -1.95. The van der Waals surface area contributed by atoms with Gasteiger partial charge in [-0.1, -0.05) is 20.8 Å². The molecule has 0 N–H and O–H groups in total. The van der Waals surface area contributed by atoms with Gasteiger partial charge >= 0.3 is 0 Å². The van der Waals surface area contributed by atoms with Crippen molar-refractivity contribution in [3.63, 3.8) is 0 Å². The Labute approximate surface area is 78.5 Å². The van der Waals surface area contributed by atoms with Crippen molar-refractivity contribution in [3.05, 3.63) is 30.6 Å². The van der Waals surface area contributed by atoms with Crippen LogP contribution in [-0.2, 0) is 6.42 Å². The van der Waals surface area contributed by atoms with Crippen LogP contribution in [0.2, 0.25) is 0 Å². The van der Waals surface area contributed by atoms with Gasteiger partial charge in [0.15, 0.2) is 0 Å². The highest BCUT2D eigenvalue weighted by atomic mass is 15.0. The minimum absolute atomic E-state index is 0.966. The molecular formula is C10H15N3. The first-order chi connectivity index (χ1) is 6.40. The summed E-state index contributed by atoms with van der Waals surface area (Å²) in [5.74, 6) is 0. The van der Waals surface area contributed by atoms with Crippen LogP contribution >= 0.6 is 0 Å². The summed E-state index contributed by atoms with van der Waals surface area (Å²) >= 11 is 0. The van der Waals surface area contributed by atoms with Crippen molar-refractivity contribution in [1.29, 1.82) is 0 Å². The van der Waals surface area contributed by atoms with E-state index in [1.807, 2.05) is 30.6 Å². The molecule has 0 fully saturated rings. The van der Waals surface area contributed by atoms with Gasteiger partial charge in [0.05, 0.1) is 29.9 Å². The van der Waals surface area contributed by atoms with Crippen molar-refractivity contribution in [2.24, 2.45) is 0 Å². The molecule has 0 aliphatic rings. The van der Waals surface area contributed by atoms with Crippen LogP contribution in [0.1, 0.15) is 26.5 Å². The summed E-state index contributed by atoms with van der Waals surface area (Å²) in [4.78, 5) is 8.24. The zero-order valence-corrected chi connectivity index (χ0v) is 8.36. The Balaban J connectivity index is 0.000000396. The predicted molar refractivity (Wildman–Crippen MR) is 53.7 cm³/mol. The maximum atomic E-state index is 4.24. The minimum atomic E-state index is 0.966. The standard InChI is InChI=1S/C8H9N3.C2H6/c1-2-7-5-11-6-9-3-8(11)4-10-7;1-2/h3-6H,2H2,1H3;1-2H3. The molecule has 3 heteroatoms. The summed E-state index contributed by atoms with van der Waals surface area (Å²) in [6.45, 7) is 6.09. The molecule has 0 saturated heterocycles. The van der Waals surface area contributed by atoms with Crippen molar-refractivity contribution in [2.45, 2.75) is 27.2 Å². The number of rotatable bonds is 1. The third-order valence-corrected chi connectivity index (χ3v) is 1.71. The molecule has 2 rings (SSSR count). The fourth-order valence-corrected chi connectivity index (χ4v) is 1.05. The van der Waals surface area contributed by atoms with Crippen LogP contribution in [0.25, 0.3) is 5.52 Å². The lowest BCUT2D eigenvalue weighted by molar-refractivity contribution is 0.981. The number of imidazole rings is 1. The number of fused-ring (bicyclic) bond motifs is 1. The van der Waals surface area contributed by atoms with E-state index in [-0.39, 0.29) is 0 Å². The zero-order chi connectivity index (χ0) is 9.68. The molecule has 0 aliphatic carbocycles. The largest absolute Gasteiger partial charge is 0.303 e. The smallest absolute Gasteiger partial charge is 0.0993 e. The zero-order valence-electron chi connectivity index (χ0n) is 8.36. The molecule has 0 unspecified atom stereocenters. The SMILES string of the molecule is CC.CCc1cn2cncc2cn1. The summed E-state index contributed by atoms with van der Waals surface area (Å²) < 4.78 is 1.98. The van der Waals surface area contributed by atoms with Crippen molar-refractivity contribution in [1.82, 2.24) is 14.4 Å². The fourth-order valence-electron chi connectivity index (χ4n) is 1.05. The monoisotopic (exact) mass is 177 g/mol. The molecule has 0 amide bonds. The van der Waals surface area contributed by atoms with Crippen molar-refractivity contribution >= 4 is 5.52 Å². The summed E-state index contributed by atoms with van der Waals surface area (Å²) in [5.41, 5.74) is 2.14. The van der Waals surface area contributed by atoms with E-state index in [9.17, 15) is 0 Å². The highest BCUT2D eigenvalue weighted by Crippen LogP contribution is 2.01. The number of nitrogens with zero attached hydrogens (tertiary/aromatic N) is 3. The topological polar surface area (TPSA) is 30.2 Å². The van der Waals surface area contributed by atoms with Crippen LogP contribution in [0, 0.1) is 0 Å². The van der Waals surface area contributed by atoms with Crippen LogP contribution in [0.5, 0.6) is 0 Å². The average Bonchev–Trinajstić information content (AvgIpc) is 2.67. The maximum Gasteiger partial charge on any atom is 0.0993 e. The van der Waals surface area contributed by atoms with E-state index in [1.54, 1.807) is 12.5 Å². The second-order valence-corrected chi connectivity index (χ2v) is 2.46. The lowest BCUT2D eigenvalue weighted by atomic mass is 10.3. The molecule has 70 valence electrons. The van der Waals surface area contributed by atoms with E-state index in [2.05, 4.69) is 16.9 Å². The van der Waals surface area contributed by atoms with Gasteiger partial charge in [0, 0.05) is 6.20 Å².